The van der Waals surface area contributed by atoms with Gasteiger partial charge in [0.05, 0.1) is 13.2 Å². The topological polar surface area (TPSA) is 18.5 Å². The average molecular weight is 260 g/mol. The zero-order valence-electron chi connectivity index (χ0n) is 10.1. The van der Waals surface area contributed by atoms with Crippen LogP contribution in [0.2, 0.25) is 0 Å². The Balaban J connectivity index is 1.94. The van der Waals surface area contributed by atoms with Crippen molar-refractivity contribution in [2.24, 2.45) is 0 Å². The Bertz CT molecular complexity index is 598. The zero-order valence-corrected chi connectivity index (χ0v) is 10.1. The van der Waals surface area contributed by atoms with E-state index in [1.807, 2.05) is 0 Å². The van der Waals surface area contributed by atoms with E-state index in [1.165, 1.54) is 18.2 Å². The molecule has 0 atom stereocenters. The fourth-order valence-electron chi connectivity index (χ4n) is 2.10. The fourth-order valence-corrected chi connectivity index (χ4v) is 2.10. The first kappa shape index (κ1) is 12.3. The molecule has 1 aliphatic heterocycles. The van der Waals surface area contributed by atoms with Gasteiger partial charge in [-0.05, 0) is 29.3 Å². The summed E-state index contributed by atoms with van der Waals surface area (Å²) >= 11 is 0. The lowest BCUT2D eigenvalue weighted by atomic mass is 9.78. The third-order valence-corrected chi connectivity index (χ3v) is 3.03. The van der Waals surface area contributed by atoms with Crippen molar-refractivity contribution in [1.29, 1.82) is 0 Å². The Labute approximate surface area is 110 Å². The maximum Gasteiger partial charge on any atom is 0.497 e. The average Bonchev–Trinajstić information content (AvgIpc) is 2.92. The second-order valence-corrected chi connectivity index (χ2v) is 4.32. The standard InChI is InChI=1S/C14H11BF2O2/c16-12-3-1-2-10(8-12)11-4-5-13(14(17)9-11)15-18-6-7-19-15/h1-5,8-9H,6-7H2. The van der Waals surface area contributed by atoms with Crippen molar-refractivity contribution in [1.82, 2.24) is 0 Å². The highest BCUT2D eigenvalue weighted by Crippen LogP contribution is 2.20. The molecule has 0 aromatic heterocycles. The molecule has 0 bridgehead atoms. The molecule has 1 aliphatic rings. The first-order valence-corrected chi connectivity index (χ1v) is 6.02. The second-order valence-electron chi connectivity index (χ2n) is 4.32. The lowest BCUT2D eigenvalue weighted by Gasteiger charge is -2.08. The second kappa shape index (κ2) is 5.11. The highest BCUT2D eigenvalue weighted by Gasteiger charge is 2.29. The number of rotatable bonds is 2. The molecule has 2 nitrogen and oxygen atoms in total. The van der Waals surface area contributed by atoms with E-state index in [0.717, 1.165) is 0 Å². The molecule has 0 spiro atoms. The summed E-state index contributed by atoms with van der Waals surface area (Å²) in [5.74, 6) is -0.752. The first-order valence-electron chi connectivity index (χ1n) is 6.02. The van der Waals surface area contributed by atoms with Crippen LogP contribution in [0.1, 0.15) is 0 Å². The van der Waals surface area contributed by atoms with Gasteiger partial charge < -0.3 is 9.31 Å². The van der Waals surface area contributed by atoms with Crippen LogP contribution in [0.4, 0.5) is 8.78 Å². The van der Waals surface area contributed by atoms with E-state index in [4.69, 9.17) is 9.31 Å². The number of benzene rings is 2. The van der Waals surface area contributed by atoms with Gasteiger partial charge in [0.25, 0.3) is 0 Å². The SMILES string of the molecule is Fc1cccc(-c2ccc(B3OCCO3)c(F)c2)c1. The van der Waals surface area contributed by atoms with Crippen molar-refractivity contribution in [2.75, 3.05) is 13.2 Å². The lowest BCUT2D eigenvalue weighted by molar-refractivity contribution is 0.365. The molecule has 1 heterocycles. The zero-order chi connectivity index (χ0) is 13.2. The summed E-state index contributed by atoms with van der Waals surface area (Å²) in [7, 11) is -0.637. The van der Waals surface area contributed by atoms with Crippen LogP contribution in [0.3, 0.4) is 0 Å². The van der Waals surface area contributed by atoms with Crippen LogP contribution in [0, 0.1) is 11.6 Å². The van der Waals surface area contributed by atoms with Crippen molar-refractivity contribution < 1.29 is 18.1 Å². The van der Waals surface area contributed by atoms with E-state index in [1.54, 1.807) is 24.3 Å². The summed E-state index contributed by atoms with van der Waals surface area (Å²) in [5.41, 5.74) is 1.63. The summed E-state index contributed by atoms with van der Waals surface area (Å²) in [4.78, 5) is 0. The van der Waals surface area contributed by atoms with E-state index in [2.05, 4.69) is 0 Å². The van der Waals surface area contributed by atoms with Crippen molar-refractivity contribution in [2.45, 2.75) is 0 Å². The molecule has 0 aliphatic carbocycles. The van der Waals surface area contributed by atoms with Crippen LogP contribution in [0.15, 0.2) is 42.5 Å². The predicted octanol–water partition coefficient (Wildman–Crippen LogP) is 2.37. The maximum absolute atomic E-state index is 14.0. The summed E-state index contributed by atoms with van der Waals surface area (Å²) < 4.78 is 37.7. The summed E-state index contributed by atoms with van der Waals surface area (Å²) in [6, 6.07) is 10.8. The molecule has 0 saturated carbocycles. The van der Waals surface area contributed by atoms with Crippen molar-refractivity contribution in [3.8, 4) is 11.1 Å². The third-order valence-electron chi connectivity index (χ3n) is 3.03. The lowest BCUT2D eigenvalue weighted by Crippen LogP contribution is -2.34. The quantitative estimate of drug-likeness (QED) is 0.772. The van der Waals surface area contributed by atoms with Crippen LogP contribution in [0.5, 0.6) is 0 Å². The number of halogens is 2. The fraction of sp³-hybridized carbons (Fsp3) is 0.143. The van der Waals surface area contributed by atoms with Gasteiger partial charge in [0.1, 0.15) is 11.6 Å². The van der Waals surface area contributed by atoms with E-state index in [0.29, 0.717) is 29.8 Å². The molecule has 1 saturated heterocycles. The van der Waals surface area contributed by atoms with Crippen LogP contribution < -0.4 is 5.46 Å². The van der Waals surface area contributed by atoms with Crippen molar-refractivity contribution in [3.05, 3.63) is 54.1 Å². The first-order chi connectivity index (χ1) is 9.24. The molecule has 0 radical (unpaired) electrons. The Hall–Kier alpha value is -1.72. The van der Waals surface area contributed by atoms with Crippen LogP contribution in [0.25, 0.3) is 11.1 Å². The molecular formula is C14H11BF2O2. The predicted molar refractivity (Wildman–Crippen MR) is 69.1 cm³/mol. The maximum atomic E-state index is 14.0. The van der Waals surface area contributed by atoms with E-state index >= 15 is 0 Å². The molecule has 1 fully saturated rings. The van der Waals surface area contributed by atoms with Gasteiger partial charge in [-0.3, -0.25) is 0 Å². The van der Waals surface area contributed by atoms with Gasteiger partial charge in [-0.15, -0.1) is 0 Å². The van der Waals surface area contributed by atoms with Crippen LogP contribution in [-0.2, 0) is 9.31 Å². The van der Waals surface area contributed by atoms with E-state index in [-0.39, 0.29) is 5.82 Å². The van der Waals surface area contributed by atoms with Gasteiger partial charge in [0.2, 0.25) is 0 Å². The van der Waals surface area contributed by atoms with Gasteiger partial charge in [-0.25, -0.2) is 8.78 Å². The minimum Gasteiger partial charge on any atom is -0.405 e. The molecule has 5 heteroatoms. The minimum absolute atomic E-state index is 0.343. The molecule has 96 valence electrons. The van der Waals surface area contributed by atoms with Crippen molar-refractivity contribution in [3.63, 3.8) is 0 Å². The number of hydrogen-bond donors (Lipinski definition) is 0. The molecule has 2 aromatic carbocycles. The van der Waals surface area contributed by atoms with E-state index < -0.39 is 12.9 Å². The Morgan fingerprint density at radius 3 is 2.32 bits per heavy atom. The molecule has 0 N–H and O–H groups in total. The highest BCUT2D eigenvalue weighted by molar-refractivity contribution is 6.61. The molecule has 2 aromatic rings. The molecular weight excluding hydrogens is 249 g/mol. The van der Waals surface area contributed by atoms with Crippen molar-refractivity contribution >= 4 is 12.6 Å². The summed E-state index contributed by atoms with van der Waals surface area (Å²) in [5, 5.41) is 0. The smallest absolute Gasteiger partial charge is 0.405 e. The van der Waals surface area contributed by atoms with E-state index in [9.17, 15) is 8.78 Å². The monoisotopic (exact) mass is 260 g/mol. The van der Waals surface area contributed by atoms with Gasteiger partial charge in [-0.2, -0.15) is 0 Å². The Kier molecular flexibility index (Phi) is 3.32. The normalized spacial score (nSPS) is 14.9. The Morgan fingerprint density at radius 1 is 0.895 bits per heavy atom. The summed E-state index contributed by atoms with van der Waals surface area (Å²) in [6.07, 6.45) is 0. The summed E-state index contributed by atoms with van der Waals surface area (Å²) in [6.45, 7) is 0.936. The third kappa shape index (κ3) is 2.52. The molecule has 3 rings (SSSR count). The molecule has 0 amide bonds. The van der Waals surface area contributed by atoms with Crippen LogP contribution >= 0.6 is 0 Å². The minimum atomic E-state index is -0.637. The van der Waals surface area contributed by atoms with Gasteiger partial charge in [0, 0.05) is 5.46 Å². The molecule has 0 unspecified atom stereocenters. The highest BCUT2D eigenvalue weighted by atomic mass is 19.1. The van der Waals surface area contributed by atoms with Gasteiger partial charge >= 0.3 is 7.12 Å². The number of hydrogen-bond acceptors (Lipinski definition) is 2. The Morgan fingerprint density at radius 2 is 1.63 bits per heavy atom. The van der Waals surface area contributed by atoms with Crippen LogP contribution in [-0.4, -0.2) is 20.3 Å². The van der Waals surface area contributed by atoms with Gasteiger partial charge in [0.15, 0.2) is 0 Å². The largest absolute Gasteiger partial charge is 0.497 e. The van der Waals surface area contributed by atoms with Gasteiger partial charge in [-0.1, -0.05) is 24.3 Å². The molecule has 19 heavy (non-hydrogen) atoms.